The molecule has 2 aliphatic rings. The highest BCUT2D eigenvalue weighted by molar-refractivity contribution is 9.10. The molecule has 1 fully saturated rings. The van der Waals surface area contributed by atoms with Crippen molar-refractivity contribution < 1.29 is 62.6 Å². The van der Waals surface area contributed by atoms with Gasteiger partial charge in [0, 0.05) is 10.2 Å². The van der Waals surface area contributed by atoms with Gasteiger partial charge in [-0.05, 0) is 51.0 Å². The number of ether oxygens (including phenoxy) is 6. The van der Waals surface area contributed by atoms with E-state index in [9.17, 15) is 34.2 Å². The van der Waals surface area contributed by atoms with E-state index < -0.39 is 79.1 Å². The van der Waals surface area contributed by atoms with Crippen molar-refractivity contribution in [1.82, 2.24) is 0 Å². The Morgan fingerprint density at radius 2 is 1.45 bits per heavy atom. The van der Waals surface area contributed by atoms with Gasteiger partial charge in [-0.15, -0.1) is 0 Å². The molecule has 14 nitrogen and oxygen atoms in total. The number of halogens is 1. The predicted molar refractivity (Wildman–Crippen MR) is 144 cm³/mol. The van der Waals surface area contributed by atoms with Crippen LogP contribution in [0.15, 0.2) is 40.9 Å². The third kappa shape index (κ3) is 8.50. The van der Waals surface area contributed by atoms with Crippen LogP contribution >= 0.6 is 15.9 Å². The van der Waals surface area contributed by atoms with E-state index in [0.29, 0.717) is 5.69 Å². The summed E-state index contributed by atoms with van der Waals surface area (Å²) in [6.45, 7) is 2.19. The van der Waals surface area contributed by atoms with Crippen LogP contribution in [0, 0.1) is 11.8 Å². The molecule has 15 heteroatoms. The van der Waals surface area contributed by atoms with Gasteiger partial charge in [0.05, 0.1) is 19.8 Å². The molecule has 0 aliphatic carbocycles. The minimum absolute atomic E-state index is 0.0335. The largest absolute Gasteiger partial charge is 0.465 e. The number of aliphatic hydroxyl groups excluding tert-OH is 2. The van der Waals surface area contributed by atoms with Gasteiger partial charge in [-0.3, -0.25) is 24.5 Å². The quantitative estimate of drug-likeness (QED) is 0.166. The van der Waals surface area contributed by atoms with Gasteiger partial charge >= 0.3 is 30.0 Å². The third-order valence-electron chi connectivity index (χ3n) is 6.25. The van der Waals surface area contributed by atoms with Gasteiger partial charge in [-0.25, -0.2) is 4.79 Å². The van der Waals surface area contributed by atoms with E-state index in [-0.39, 0.29) is 26.1 Å². The summed E-state index contributed by atoms with van der Waals surface area (Å²) in [6.07, 6.45) is -7.47. The Hall–Kier alpha value is -3.53. The first-order valence-corrected chi connectivity index (χ1v) is 14.0. The number of amides is 1. The average molecular weight is 658 g/mol. The fourth-order valence-corrected chi connectivity index (χ4v) is 4.47. The summed E-state index contributed by atoms with van der Waals surface area (Å²) in [5.74, 6) is -7.10. The molecule has 3 rings (SSSR count). The number of nitrogens with one attached hydrogen (secondary N) is 1. The van der Waals surface area contributed by atoms with Crippen molar-refractivity contribution in [3.05, 3.63) is 40.9 Å². The van der Waals surface area contributed by atoms with Crippen molar-refractivity contribution in [2.24, 2.45) is 11.8 Å². The first-order chi connectivity index (χ1) is 20.1. The lowest BCUT2D eigenvalue weighted by molar-refractivity contribution is -0.293. The number of allylic oxidation sites excluding steroid dienone is 2. The van der Waals surface area contributed by atoms with E-state index in [1.165, 1.54) is 12.2 Å². The molecule has 0 saturated carbocycles. The standard InChI is InChI=1S/C27H32BrNO13/c1-3-37-22(31)16-7-5-6-8-17(23(32)38-4-2)25(34)41-21-20(40-24(16)33)19(18(13-30)39-26(21)35)42-27(36)29-15-11-9-14(28)10-12-15/h5-6,9-12,16-21,26,30,35H,3-4,7-8,13H2,1-2H3,(H,29,36)/b6-5+/t16-,17-,18+,19+,20-,21+,26-/m0/s1. The van der Waals surface area contributed by atoms with E-state index in [0.717, 1.165) is 4.47 Å². The van der Waals surface area contributed by atoms with Crippen LogP contribution in [-0.2, 0) is 47.6 Å². The van der Waals surface area contributed by atoms with E-state index in [1.54, 1.807) is 38.1 Å². The number of benzene rings is 1. The molecule has 1 aromatic carbocycles. The monoisotopic (exact) mass is 657 g/mol. The molecule has 7 atom stereocenters. The van der Waals surface area contributed by atoms with E-state index in [4.69, 9.17) is 28.4 Å². The predicted octanol–water partition coefficient (Wildman–Crippen LogP) is 1.61. The van der Waals surface area contributed by atoms with Crippen LogP contribution in [-0.4, -0.2) is 90.7 Å². The maximum atomic E-state index is 13.3. The van der Waals surface area contributed by atoms with E-state index in [1.807, 2.05) is 0 Å². The smallest absolute Gasteiger partial charge is 0.412 e. The summed E-state index contributed by atoms with van der Waals surface area (Å²) in [4.78, 5) is 64.4. The molecule has 42 heavy (non-hydrogen) atoms. The van der Waals surface area contributed by atoms with Crippen LogP contribution in [0.5, 0.6) is 0 Å². The van der Waals surface area contributed by atoms with Crippen molar-refractivity contribution in [3.63, 3.8) is 0 Å². The lowest BCUT2D eigenvalue weighted by atomic mass is 9.96. The molecule has 0 spiro atoms. The summed E-state index contributed by atoms with van der Waals surface area (Å²) in [6, 6.07) is 6.42. The fraction of sp³-hybridized carbons (Fsp3) is 0.519. The van der Waals surface area contributed by atoms with Crippen LogP contribution in [0.3, 0.4) is 0 Å². The van der Waals surface area contributed by atoms with Crippen molar-refractivity contribution >= 4 is 51.6 Å². The second kappa shape index (κ2) is 15.6. The van der Waals surface area contributed by atoms with Crippen molar-refractivity contribution in [1.29, 1.82) is 0 Å². The van der Waals surface area contributed by atoms with E-state index >= 15 is 0 Å². The number of hydrogen-bond acceptors (Lipinski definition) is 13. The highest BCUT2D eigenvalue weighted by atomic mass is 79.9. The Kier molecular flexibility index (Phi) is 12.3. The maximum Gasteiger partial charge on any atom is 0.412 e. The molecule has 1 aromatic rings. The van der Waals surface area contributed by atoms with Gasteiger partial charge in [0.25, 0.3) is 0 Å². The van der Waals surface area contributed by atoms with Crippen molar-refractivity contribution in [2.75, 3.05) is 25.1 Å². The molecule has 1 saturated heterocycles. The molecule has 2 heterocycles. The molecular weight excluding hydrogens is 626 g/mol. The SMILES string of the molecule is CCOC(=O)[C@@H]1C/C=C/C[C@@H](C(=O)OCC)C(=O)O[C@@H]2[C@@H](OC1=O)[C@H](OC(=O)Nc1ccc(Br)cc1)[C@@H](CO)O[C@@H]2O. The molecule has 0 radical (unpaired) electrons. The lowest BCUT2D eigenvalue weighted by Crippen LogP contribution is -2.63. The van der Waals surface area contributed by atoms with Crippen LogP contribution in [0.25, 0.3) is 0 Å². The molecule has 0 unspecified atom stereocenters. The van der Waals surface area contributed by atoms with Gasteiger partial charge < -0.3 is 38.6 Å². The lowest BCUT2D eigenvalue weighted by Gasteiger charge is -2.43. The van der Waals surface area contributed by atoms with Crippen LogP contribution in [0.4, 0.5) is 10.5 Å². The Morgan fingerprint density at radius 1 is 0.929 bits per heavy atom. The fourth-order valence-electron chi connectivity index (χ4n) is 4.21. The minimum atomic E-state index is -2.00. The third-order valence-corrected chi connectivity index (χ3v) is 6.78. The highest BCUT2D eigenvalue weighted by Crippen LogP contribution is 2.30. The van der Waals surface area contributed by atoms with Gasteiger partial charge in [-0.1, -0.05) is 28.1 Å². The normalized spacial score (nSPS) is 28.8. The molecule has 3 N–H and O–H groups in total. The zero-order chi connectivity index (χ0) is 30.8. The topological polar surface area (TPSA) is 193 Å². The number of hydrogen-bond donors (Lipinski definition) is 3. The van der Waals surface area contributed by atoms with Gasteiger partial charge in [0.1, 0.15) is 6.10 Å². The number of aliphatic hydroxyl groups is 2. The first-order valence-electron chi connectivity index (χ1n) is 13.2. The minimum Gasteiger partial charge on any atom is -0.465 e. The number of rotatable bonds is 7. The summed E-state index contributed by atoms with van der Waals surface area (Å²) < 4.78 is 32.5. The molecule has 2 aliphatic heterocycles. The molecule has 0 bridgehead atoms. The first kappa shape index (κ1) is 33.0. The number of fused-ring (bicyclic) bond motifs is 1. The second-order valence-corrected chi connectivity index (χ2v) is 10.0. The molecule has 1 amide bonds. The van der Waals surface area contributed by atoms with Gasteiger partial charge in [-0.2, -0.15) is 0 Å². The zero-order valence-corrected chi connectivity index (χ0v) is 24.4. The summed E-state index contributed by atoms with van der Waals surface area (Å²) in [5, 5.41) is 23.2. The van der Waals surface area contributed by atoms with Crippen molar-refractivity contribution in [2.45, 2.75) is 57.4 Å². The zero-order valence-electron chi connectivity index (χ0n) is 22.8. The number of esters is 4. The summed E-state index contributed by atoms with van der Waals surface area (Å²) in [7, 11) is 0. The number of anilines is 1. The van der Waals surface area contributed by atoms with Crippen molar-refractivity contribution in [3.8, 4) is 0 Å². The number of carbonyl (C=O) groups is 5. The molecular formula is C27H32BrNO13. The van der Waals surface area contributed by atoms with Crippen LogP contribution < -0.4 is 5.32 Å². The second-order valence-electron chi connectivity index (χ2n) is 9.10. The number of carbonyl (C=O) groups excluding carboxylic acids is 5. The van der Waals surface area contributed by atoms with Gasteiger partial charge in [0.15, 0.2) is 36.4 Å². The summed E-state index contributed by atoms with van der Waals surface area (Å²) >= 11 is 3.28. The van der Waals surface area contributed by atoms with Gasteiger partial charge in [0.2, 0.25) is 0 Å². The maximum absolute atomic E-state index is 13.3. The Morgan fingerprint density at radius 3 is 1.95 bits per heavy atom. The molecule has 230 valence electrons. The molecule has 0 aromatic heterocycles. The Bertz CT molecular complexity index is 1160. The Labute approximate surface area is 249 Å². The highest BCUT2D eigenvalue weighted by Gasteiger charge is 2.53. The van der Waals surface area contributed by atoms with E-state index in [2.05, 4.69) is 21.2 Å². The van der Waals surface area contributed by atoms with Crippen LogP contribution in [0.1, 0.15) is 26.7 Å². The Balaban J connectivity index is 2.00. The average Bonchev–Trinajstić information content (AvgIpc) is 2.94. The summed E-state index contributed by atoms with van der Waals surface area (Å²) in [5.41, 5.74) is 0.325. The van der Waals surface area contributed by atoms with Crippen LogP contribution in [0.2, 0.25) is 0 Å².